The van der Waals surface area contributed by atoms with Crippen molar-refractivity contribution in [2.45, 2.75) is 13.5 Å². The molecule has 0 radical (unpaired) electrons. The zero-order chi connectivity index (χ0) is 21.8. The van der Waals surface area contributed by atoms with E-state index < -0.39 is 5.97 Å². The maximum absolute atomic E-state index is 12.3. The molecule has 9 heteroatoms. The fraction of sp³-hybridized carbons (Fsp3) is 0.190. The number of methoxy groups -OCH3 is 1. The van der Waals surface area contributed by atoms with E-state index in [0.29, 0.717) is 28.5 Å². The predicted molar refractivity (Wildman–Crippen MR) is 114 cm³/mol. The van der Waals surface area contributed by atoms with Crippen LogP contribution in [0.5, 0.6) is 11.5 Å². The molecule has 0 aromatic heterocycles. The van der Waals surface area contributed by atoms with Crippen molar-refractivity contribution < 1.29 is 29.0 Å². The van der Waals surface area contributed by atoms with E-state index in [2.05, 4.69) is 0 Å². The third-order valence-electron chi connectivity index (χ3n) is 4.32. The van der Waals surface area contributed by atoms with Crippen LogP contribution >= 0.6 is 23.4 Å². The van der Waals surface area contributed by atoms with Crippen LogP contribution in [-0.4, -0.2) is 40.8 Å². The van der Waals surface area contributed by atoms with Crippen LogP contribution < -0.4 is 9.47 Å². The van der Waals surface area contributed by atoms with Gasteiger partial charge < -0.3 is 14.6 Å². The van der Waals surface area contributed by atoms with Crippen LogP contribution in [0.25, 0.3) is 6.08 Å². The SMILES string of the molecule is CCN1C(=O)S/C(=C/c2cc(Cl)c(OCc3ccc(C(=O)O)cc3)c(OC)c2)C1=O. The summed E-state index contributed by atoms with van der Waals surface area (Å²) in [5.41, 5.74) is 1.54. The molecule has 30 heavy (non-hydrogen) atoms. The molecule has 1 fully saturated rings. The Morgan fingerprint density at radius 3 is 2.50 bits per heavy atom. The van der Waals surface area contributed by atoms with E-state index in [1.807, 2.05) is 0 Å². The Hall–Kier alpha value is -2.97. The summed E-state index contributed by atoms with van der Waals surface area (Å²) in [5, 5.41) is 8.93. The fourth-order valence-electron chi connectivity index (χ4n) is 2.79. The van der Waals surface area contributed by atoms with Gasteiger partial charge >= 0.3 is 5.97 Å². The van der Waals surface area contributed by atoms with E-state index in [9.17, 15) is 14.4 Å². The summed E-state index contributed by atoms with van der Waals surface area (Å²) in [6.45, 7) is 2.21. The van der Waals surface area contributed by atoms with E-state index in [1.54, 1.807) is 37.3 Å². The second-order valence-electron chi connectivity index (χ2n) is 6.25. The van der Waals surface area contributed by atoms with Gasteiger partial charge in [-0.15, -0.1) is 0 Å². The number of thioether (sulfide) groups is 1. The molecule has 1 aliphatic rings. The first-order valence-corrected chi connectivity index (χ1v) is 10.1. The Labute approximate surface area is 182 Å². The number of carboxylic acids is 1. The lowest BCUT2D eigenvalue weighted by Gasteiger charge is -2.14. The molecule has 7 nitrogen and oxygen atoms in total. The highest BCUT2D eigenvalue weighted by Crippen LogP contribution is 2.39. The Bertz CT molecular complexity index is 1030. The van der Waals surface area contributed by atoms with Crippen molar-refractivity contribution in [1.29, 1.82) is 0 Å². The molecular formula is C21H18ClNO6S. The summed E-state index contributed by atoms with van der Waals surface area (Å²) < 4.78 is 11.2. The van der Waals surface area contributed by atoms with E-state index in [0.717, 1.165) is 17.3 Å². The zero-order valence-corrected chi connectivity index (χ0v) is 17.7. The number of imide groups is 1. The molecular weight excluding hydrogens is 430 g/mol. The van der Waals surface area contributed by atoms with E-state index >= 15 is 0 Å². The van der Waals surface area contributed by atoms with Gasteiger partial charge in [-0.1, -0.05) is 23.7 Å². The molecule has 0 saturated carbocycles. The smallest absolute Gasteiger partial charge is 0.335 e. The number of nitrogens with zero attached hydrogens (tertiary/aromatic N) is 1. The molecule has 0 bridgehead atoms. The van der Waals surface area contributed by atoms with Crippen LogP contribution in [0, 0.1) is 0 Å². The number of halogens is 1. The zero-order valence-electron chi connectivity index (χ0n) is 16.2. The summed E-state index contributed by atoms with van der Waals surface area (Å²) in [4.78, 5) is 36.6. The molecule has 156 valence electrons. The van der Waals surface area contributed by atoms with Crippen molar-refractivity contribution in [3.8, 4) is 11.5 Å². The third-order valence-corrected chi connectivity index (χ3v) is 5.51. The number of amides is 2. The number of benzene rings is 2. The van der Waals surface area contributed by atoms with Gasteiger partial charge in [0.2, 0.25) is 0 Å². The number of hydrogen-bond acceptors (Lipinski definition) is 6. The van der Waals surface area contributed by atoms with Crippen molar-refractivity contribution in [2.75, 3.05) is 13.7 Å². The van der Waals surface area contributed by atoms with Crippen LogP contribution in [0.4, 0.5) is 4.79 Å². The van der Waals surface area contributed by atoms with Crippen molar-refractivity contribution >= 4 is 46.6 Å². The quantitative estimate of drug-likeness (QED) is 0.616. The summed E-state index contributed by atoms with van der Waals surface area (Å²) in [6, 6.07) is 9.57. The first-order chi connectivity index (χ1) is 14.3. The average molecular weight is 448 g/mol. The molecule has 0 unspecified atom stereocenters. The Morgan fingerprint density at radius 1 is 1.23 bits per heavy atom. The highest BCUT2D eigenvalue weighted by molar-refractivity contribution is 8.18. The Kier molecular flexibility index (Phi) is 6.69. The molecule has 3 rings (SSSR count). The van der Waals surface area contributed by atoms with Gasteiger partial charge in [0.1, 0.15) is 6.61 Å². The number of rotatable bonds is 7. The maximum atomic E-state index is 12.3. The molecule has 2 amide bonds. The molecule has 1 aliphatic heterocycles. The molecule has 0 aliphatic carbocycles. The van der Waals surface area contributed by atoms with Gasteiger partial charge in [-0.05, 0) is 60.2 Å². The second kappa shape index (κ2) is 9.23. The minimum atomic E-state index is -1.00. The first-order valence-electron chi connectivity index (χ1n) is 8.92. The topological polar surface area (TPSA) is 93.1 Å². The predicted octanol–water partition coefficient (Wildman–Crippen LogP) is 4.68. The molecule has 1 N–H and O–H groups in total. The van der Waals surface area contributed by atoms with E-state index in [1.165, 1.54) is 24.1 Å². The van der Waals surface area contributed by atoms with Gasteiger partial charge in [-0.3, -0.25) is 14.5 Å². The highest BCUT2D eigenvalue weighted by atomic mass is 35.5. The molecule has 2 aromatic carbocycles. The van der Waals surface area contributed by atoms with Gasteiger partial charge in [0, 0.05) is 6.54 Å². The lowest BCUT2D eigenvalue weighted by molar-refractivity contribution is -0.122. The van der Waals surface area contributed by atoms with Crippen molar-refractivity contribution in [3.63, 3.8) is 0 Å². The fourth-order valence-corrected chi connectivity index (χ4v) is 3.96. The lowest BCUT2D eigenvalue weighted by Crippen LogP contribution is -2.27. The maximum Gasteiger partial charge on any atom is 0.335 e. The summed E-state index contributed by atoms with van der Waals surface area (Å²) in [5.74, 6) is -0.654. The minimum Gasteiger partial charge on any atom is -0.493 e. The number of carbonyl (C=O) groups is 3. The second-order valence-corrected chi connectivity index (χ2v) is 7.65. The third kappa shape index (κ3) is 4.60. The van der Waals surface area contributed by atoms with Gasteiger partial charge in [-0.2, -0.15) is 0 Å². The number of aromatic carboxylic acids is 1. The van der Waals surface area contributed by atoms with Gasteiger partial charge in [0.05, 0.1) is 22.6 Å². The van der Waals surface area contributed by atoms with Gasteiger partial charge in [0.25, 0.3) is 11.1 Å². The number of hydrogen-bond donors (Lipinski definition) is 1. The minimum absolute atomic E-state index is 0.157. The van der Waals surface area contributed by atoms with Crippen molar-refractivity contribution in [3.05, 3.63) is 63.0 Å². The summed E-state index contributed by atoms with van der Waals surface area (Å²) >= 11 is 7.25. The summed E-state index contributed by atoms with van der Waals surface area (Å²) in [7, 11) is 1.47. The van der Waals surface area contributed by atoms with Crippen LogP contribution in [0.2, 0.25) is 5.02 Å². The summed E-state index contributed by atoms with van der Waals surface area (Å²) in [6.07, 6.45) is 1.59. The average Bonchev–Trinajstić information content (AvgIpc) is 2.99. The number of ether oxygens (including phenoxy) is 2. The Balaban J connectivity index is 1.81. The van der Waals surface area contributed by atoms with Crippen LogP contribution in [0.3, 0.4) is 0 Å². The lowest BCUT2D eigenvalue weighted by atomic mass is 10.1. The number of carboxylic acid groups (broad SMARTS) is 1. The number of likely N-dealkylation sites (N-methyl/N-ethyl adjacent to an activating group) is 1. The van der Waals surface area contributed by atoms with Crippen LogP contribution in [0.1, 0.15) is 28.4 Å². The number of carbonyl (C=O) groups excluding carboxylic acids is 2. The first kappa shape index (κ1) is 21.7. The molecule has 2 aromatic rings. The van der Waals surface area contributed by atoms with Gasteiger partial charge in [0.15, 0.2) is 11.5 Å². The highest BCUT2D eigenvalue weighted by Gasteiger charge is 2.33. The van der Waals surface area contributed by atoms with Crippen LogP contribution in [0.15, 0.2) is 41.3 Å². The standard InChI is InChI=1S/C21H18ClNO6S/c1-3-23-19(24)17(30-21(23)27)10-13-8-15(22)18(16(9-13)28-2)29-11-12-4-6-14(7-5-12)20(25)26/h4-10H,3,11H2,1-2H3,(H,25,26)/b17-10+. The van der Waals surface area contributed by atoms with Crippen molar-refractivity contribution in [1.82, 2.24) is 4.90 Å². The molecule has 1 saturated heterocycles. The van der Waals surface area contributed by atoms with E-state index in [4.69, 9.17) is 26.2 Å². The Morgan fingerprint density at radius 2 is 1.93 bits per heavy atom. The molecule has 0 spiro atoms. The largest absolute Gasteiger partial charge is 0.493 e. The van der Waals surface area contributed by atoms with Crippen LogP contribution in [-0.2, 0) is 11.4 Å². The molecule has 1 heterocycles. The van der Waals surface area contributed by atoms with Crippen molar-refractivity contribution in [2.24, 2.45) is 0 Å². The van der Waals surface area contributed by atoms with E-state index in [-0.39, 0.29) is 28.3 Å². The normalized spacial score (nSPS) is 15.0. The van der Waals surface area contributed by atoms with Gasteiger partial charge in [-0.25, -0.2) is 4.79 Å². The monoisotopic (exact) mass is 447 g/mol. The molecule has 0 atom stereocenters.